The fourth-order valence-corrected chi connectivity index (χ4v) is 1.85. The number of amides is 1. The minimum absolute atomic E-state index is 0.00560. The van der Waals surface area contributed by atoms with Gasteiger partial charge in [0, 0.05) is 12.1 Å². The van der Waals surface area contributed by atoms with Crippen LogP contribution in [-0.2, 0) is 4.79 Å². The largest absolute Gasteiger partial charge is 0.421 e. The summed E-state index contributed by atoms with van der Waals surface area (Å²) in [7, 11) is 0. The molecule has 0 saturated heterocycles. The smallest absolute Gasteiger partial charge is 0.360 e. The summed E-state index contributed by atoms with van der Waals surface area (Å²) in [4.78, 5) is 37.5. The van der Waals surface area contributed by atoms with Gasteiger partial charge in [-0.25, -0.2) is 4.79 Å². The Morgan fingerprint density at radius 1 is 1.25 bits per heavy atom. The topological polar surface area (TPSA) is 92.2 Å². The van der Waals surface area contributed by atoms with Crippen LogP contribution in [0.2, 0.25) is 0 Å². The van der Waals surface area contributed by atoms with Crippen molar-refractivity contribution < 1.29 is 9.21 Å². The zero-order valence-corrected chi connectivity index (χ0v) is 10.5. The monoisotopic (exact) mass is 272 g/mol. The van der Waals surface area contributed by atoms with Crippen LogP contribution < -0.4 is 16.5 Å². The molecule has 2 aromatic heterocycles. The third-order valence-electron chi connectivity index (χ3n) is 3.11. The van der Waals surface area contributed by atoms with Crippen molar-refractivity contribution >= 4 is 11.6 Å². The van der Waals surface area contributed by atoms with Crippen LogP contribution in [-0.4, -0.2) is 10.9 Å². The first-order valence-corrected chi connectivity index (χ1v) is 6.28. The van der Waals surface area contributed by atoms with Gasteiger partial charge in [-0.1, -0.05) is 0 Å². The highest BCUT2D eigenvalue weighted by atomic mass is 16.4. The lowest BCUT2D eigenvalue weighted by Crippen LogP contribution is -2.19. The predicted molar refractivity (Wildman–Crippen MR) is 72.4 cm³/mol. The van der Waals surface area contributed by atoms with Gasteiger partial charge >= 0.3 is 5.63 Å². The van der Waals surface area contributed by atoms with Gasteiger partial charge in [0.2, 0.25) is 5.91 Å². The van der Waals surface area contributed by atoms with E-state index >= 15 is 0 Å². The molecule has 2 aromatic rings. The zero-order chi connectivity index (χ0) is 14.1. The Morgan fingerprint density at radius 2 is 2.05 bits per heavy atom. The average molecular weight is 272 g/mol. The van der Waals surface area contributed by atoms with Gasteiger partial charge in [-0.2, -0.15) is 0 Å². The number of carbonyl (C=O) groups is 1. The normalized spacial score (nSPS) is 14.0. The number of pyridine rings is 1. The molecule has 6 nitrogen and oxygen atoms in total. The van der Waals surface area contributed by atoms with Crippen LogP contribution in [0.15, 0.2) is 44.5 Å². The maximum atomic E-state index is 11.8. The summed E-state index contributed by atoms with van der Waals surface area (Å²) in [6.45, 7) is 0. The highest BCUT2D eigenvalue weighted by Gasteiger charge is 2.30. The van der Waals surface area contributed by atoms with Crippen molar-refractivity contribution in [3.8, 4) is 11.3 Å². The molecule has 20 heavy (non-hydrogen) atoms. The molecule has 2 N–H and O–H groups in total. The Hall–Kier alpha value is -2.63. The highest BCUT2D eigenvalue weighted by molar-refractivity contribution is 5.93. The Balaban J connectivity index is 1.91. The van der Waals surface area contributed by atoms with Gasteiger partial charge in [0.15, 0.2) is 0 Å². The van der Waals surface area contributed by atoms with Gasteiger partial charge < -0.3 is 14.7 Å². The Labute approximate surface area is 113 Å². The molecule has 1 fully saturated rings. The van der Waals surface area contributed by atoms with Crippen LogP contribution in [0, 0.1) is 5.92 Å². The Bertz CT molecular complexity index is 771. The Kier molecular flexibility index (Phi) is 2.98. The fourth-order valence-electron chi connectivity index (χ4n) is 1.85. The van der Waals surface area contributed by atoms with Crippen molar-refractivity contribution in [1.82, 2.24) is 4.98 Å². The lowest BCUT2D eigenvalue weighted by molar-refractivity contribution is -0.117. The Morgan fingerprint density at radius 3 is 2.70 bits per heavy atom. The predicted octanol–water partition coefficient (Wildman–Crippen LogP) is 1.34. The van der Waals surface area contributed by atoms with Crippen molar-refractivity contribution in [2.24, 2.45) is 5.92 Å². The van der Waals surface area contributed by atoms with E-state index in [0.29, 0.717) is 0 Å². The van der Waals surface area contributed by atoms with E-state index in [1.54, 1.807) is 12.1 Å². The van der Waals surface area contributed by atoms with Crippen molar-refractivity contribution in [2.45, 2.75) is 12.8 Å². The molecule has 1 aliphatic carbocycles. The number of nitrogens with one attached hydrogen (secondary N) is 2. The average Bonchev–Trinajstić information content (AvgIpc) is 3.26. The van der Waals surface area contributed by atoms with Crippen LogP contribution in [0.5, 0.6) is 0 Å². The molecule has 102 valence electrons. The molecule has 0 aromatic carbocycles. The van der Waals surface area contributed by atoms with Gasteiger partial charge in [-0.05, 0) is 37.1 Å². The molecular formula is C14H12N2O4. The molecule has 2 heterocycles. The molecule has 0 aliphatic heterocycles. The quantitative estimate of drug-likeness (QED) is 0.882. The van der Waals surface area contributed by atoms with Crippen LogP contribution >= 0.6 is 0 Å². The number of hydrogen-bond acceptors (Lipinski definition) is 4. The maximum Gasteiger partial charge on any atom is 0.360 e. The van der Waals surface area contributed by atoms with Crippen LogP contribution in [0.4, 0.5) is 5.69 Å². The number of aromatic amines is 1. The molecule has 1 saturated carbocycles. The number of anilines is 1. The number of H-pyrrole nitrogens is 1. The minimum atomic E-state index is -0.667. The lowest BCUT2D eigenvalue weighted by Gasteiger charge is -2.03. The van der Waals surface area contributed by atoms with Crippen molar-refractivity contribution in [3.05, 3.63) is 51.2 Å². The van der Waals surface area contributed by atoms with E-state index in [1.165, 1.54) is 18.3 Å². The number of aromatic nitrogens is 1. The molecular weight excluding hydrogens is 260 g/mol. The van der Waals surface area contributed by atoms with Gasteiger partial charge in [-0.3, -0.25) is 9.59 Å². The second-order valence-electron chi connectivity index (χ2n) is 4.68. The molecule has 1 amide bonds. The van der Waals surface area contributed by atoms with Gasteiger partial charge in [0.1, 0.15) is 11.4 Å². The van der Waals surface area contributed by atoms with E-state index in [1.807, 2.05) is 0 Å². The van der Waals surface area contributed by atoms with Crippen molar-refractivity contribution in [1.29, 1.82) is 0 Å². The van der Waals surface area contributed by atoms with E-state index in [0.717, 1.165) is 12.8 Å². The summed E-state index contributed by atoms with van der Waals surface area (Å²) in [5.74, 6) is 0.00919. The molecule has 6 heteroatoms. The minimum Gasteiger partial charge on any atom is -0.421 e. The molecule has 0 unspecified atom stereocenters. The SMILES string of the molecule is O=C(Nc1ccc(-c2ccc[nH]c2=O)oc1=O)C1CC1. The maximum absolute atomic E-state index is 11.8. The van der Waals surface area contributed by atoms with E-state index in [-0.39, 0.29) is 34.4 Å². The van der Waals surface area contributed by atoms with Gasteiger partial charge in [0.25, 0.3) is 5.56 Å². The summed E-state index contributed by atoms with van der Waals surface area (Å²) < 4.78 is 5.09. The summed E-state index contributed by atoms with van der Waals surface area (Å²) in [5, 5.41) is 2.53. The second kappa shape index (κ2) is 4.80. The molecule has 1 aliphatic rings. The summed E-state index contributed by atoms with van der Waals surface area (Å²) in [6, 6.07) is 6.14. The lowest BCUT2D eigenvalue weighted by atomic mass is 10.2. The standard InChI is InChI=1S/C14H12N2O4/c17-12(8-3-4-8)16-10-5-6-11(20-14(10)19)9-2-1-7-15-13(9)18/h1-2,5-8H,3-4H2,(H,15,18)(H,16,17). The number of hydrogen-bond donors (Lipinski definition) is 2. The number of rotatable bonds is 3. The third kappa shape index (κ3) is 2.40. The zero-order valence-electron chi connectivity index (χ0n) is 10.5. The van der Waals surface area contributed by atoms with E-state index in [4.69, 9.17) is 4.42 Å². The molecule has 0 atom stereocenters. The first-order chi connectivity index (χ1) is 9.65. The van der Waals surface area contributed by atoms with E-state index in [2.05, 4.69) is 10.3 Å². The molecule has 3 rings (SSSR count). The first-order valence-electron chi connectivity index (χ1n) is 6.28. The third-order valence-corrected chi connectivity index (χ3v) is 3.11. The molecule has 0 spiro atoms. The molecule has 0 radical (unpaired) electrons. The highest BCUT2D eigenvalue weighted by Crippen LogP contribution is 2.29. The van der Waals surface area contributed by atoms with Crippen LogP contribution in [0.25, 0.3) is 11.3 Å². The second-order valence-corrected chi connectivity index (χ2v) is 4.68. The van der Waals surface area contributed by atoms with E-state index in [9.17, 15) is 14.4 Å². The summed E-state index contributed by atoms with van der Waals surface area (Å²) in [6.07, 6.45) is 3.21. The van der Waals surface area contributed by atoms with E-state index < -0.39 is 5.63 Å². The molecule has 0 bridgehead atoms. The van der Waals surface area contributed by atoms with Gasteiger partial charge in [0.05, 0.1) is 5.56 Å². The fraction of sp³-hybridized carbons (Fsp3) is 0.214. The van der Waals surface area contributed by atoms with Crippen molar-refractivity contribution in [2.75, 3.05) is 5.32 Å². The summed E-state index contributed by atoms with van der Waals surface area (Å²) >= 11 is 0. The summed E-state index contributed by atoms with van der Waals surface area (Å²) in [5.41, 5.74) is -0.646. The number of carbonyl (C=O) groups excluding carboxylic acids is 1. The van der Waals surface area contributed by atoms with Crippen LogP contribution in [0.1, 0.15) is 12.8 Å². The first kappa shape index (κ1) is 12.4. The van der Waals surface area contributed by atoms with Crippen molar-refractivity contribution in [3.63, 3.8) is 0 Å². The van der Waals surface area contributed by atoms with Gasteiger partial charge in [-0.15, -0.1) is 0 Å². The van der Waals surface area contributed by atoms with Crippen LogP contribution in [0.3, 0.4) is 0 Å².